The summed E-state index contributed by atoms with van der Waals surface area (Å²) in [6.07, 6.45) is 13.7. The Labute approximate surface area is 293 Å². The molecule has 1 aromatic carbocycles. The van der Waals surface area contributed by atoms with Crippen LogP contribution in [0.3, 0.4) is 0 Å². The highest BCUT2D eigenvalue weighted by Gasteiger charge is 2.45. The summed E-state index contributed by atoms with van der Waals surface area (Å²) >= 11 is 12.7. The molecule has 1 N–H and O–H groups in total. The van der Waals surface area contributed by atoms with Gasteiger partial charge in [-0.1, -0.05) is 107 Å². The lowest BCUT2D eigenvalue weighted by Crippen LogP contribution is -2.32. The van der Waals surface area contributed by atoms with E-state index in [0.717, 1.165) is 44.2 Å². The van der Waals surface area contributed by atoms with E-state index in [1.165, 1.54) is 58.5 Å². The molecular formula is C33H45Cl2N5O7S. The number of aryl methyl sites for hydroxylation is 2. The minimum atomic E-state index is -4.40. The summed E-state index contributed by atoms with van der Waals surface area (Å²) in [5.41, 5.74) is 0.770. The number of halogens is 2. The molecule has 3 amide bonds. The number of aliphatic imine (C=N–C) groups is 1. The van der Waals surface area contributed by atoms with Crippen LogP contribution < -0.4 is 9.62 Å². The van der Waals surface area contributed by atoms with Crippen molar-refractivity contribution in [2.45, 2.75) is 122 Å². The Kier molecular flexibility index (Phi) is 15.5. The Bertz CT molecular complexity index is 1560. The molecule has 2 heterocycles. The van der Waals surface area contributed by atoms with Gasteiger partial charge < -0.3 is 9.47 Å². The number of aromatic nitrogens is 2. The molecule has 1 unspecified atom stereocenters. The summed E-state index contributed by atoms with van der Waals surface area (Å²) in [6.45, 7) is 5.44. The van der Waals surface area contributed by atoms with Gasteiger partial charge in [-0.2, -0.15) is 4.99 Å². The van der Waals surface area contributed by atoms with E-state index in [-0.39, 0.29) is 33.7 Å². The molecule has 0 saturated carbocycles. The van der Waals surface area contributed by atoms with E-state index in [9.17, 15) is 22.8 Å². The maximum Gasteiger partial charge on any atom is 0.422 e. The molecule has 15 heteroatoms. The number of hydrogen-bond donors (Lipinski definition) is 1. The van der Waals surface area contributed by atoms with Crippen LogP contribution in [0.25, 0.3) is 0 Å². The molecule has 0 radical (unpaired) electrons. The van der Waals surface area contributed by atoms with Crippen molar-refractivity contribution < 1.29 is 32.3 Å². The standard InChI is InChI=1S/C33H45Cl2N5O7S/c1-5-6-7-8-9-10-11-12-13-14-15-16-17-18-28(41)39-48(44,45)27-20-24(34)26(19-25(27)35)40-31(42)30(47-33(40)43)29-22(2)37-32(36-21-46-4)38-23(29)3/h19-21,30H,5-18H2,1-4H3,(H,39,41). The van der Waals surface area contributed by atoms with Gasteiger partial charge in [0.15, 0.2) is 6.40 Å². The first-order chi connectivity index (χ1) is 22.9. The second-order valence-electron chi connectivity index (χ2n) is 11.8. The first-order valence-electron chi connectivity index (χ1n) is 16.4. The van der Waals surface area contributed by atoms with Crippen LogP contribution in [-0.2, 0) is 29.1 Å². The predicted molar refractivity (Wildman–Crippen MR) is 185 cm³/mol. The normalized spacial score (nSPS) is 15.0. The predicted octanol–water partition coefficient (Wildman–Crippen LogP) is 8.22. The summed E-state index contributed by atoms with van der Waals surface area (Å²) in [6, 6.07) is 2.05. The van der Waals surface area contributed by atoms with E-state index in [0.29, 0.717) is 22.7 Å². The highest BCUT2D eigenvalue weighted by molar-refractivity contribution is 7.90. The minimum Gasteiger partial charge on any atom is -0.486 e. The first kappa shape index (κ1) is 39.2. The quantitative estimate of drug-likeness (QED) is 0.0807. The lowest BCUT2D eigenvalue weighted by molar-refractivity contribution is -0.122. The van der Waals surface area contributed by atoms with Gasteiger partial charge in [-0.3, -0.25) is 9.59 Å². The number of unbranched alkanes of at least 4 members (excludes halogenated alkanes) is 12. The molecule has 0 bridgehead atoms. The fraction of sp³-hybridized carbons (Fsp3) is 0.576. The number of carbonyl (C=O) groups excluding carboxylic acids is 3. The Hall–Kier alpha value is -3.29. The molecule has 1 aromatic heterocycles. The van der Waals surface area contributed by atoms with Crippen LogP contribution in [-0.4, -0.2) is 49.8 Å². The number of ether oxygens (including phenoxy) is 2. The van der Waals surface area contributed by atoms with Crippen molar-refractivity contribution in [3.63, 3.8) is 0 Å². The van der Waals surface area contributed by atoms with Crippen molar-refractivity contribution in [2.75, 3.05) is 12.0 Å². The minimum absolute atomic E-state index is 0.0399. The van der Waals surface area contributed by atoms with Crippen molar-refractivity contribution in [1.82, 2.24) is 14.7 Å². The highest BCUT2D eigenvalue weighted by Crippen LogP contribution is 2.40. The molecule has 0 spiro atoms. The largest absolute Gasteiger partial charge is 0.486 e. The number of nitrogens with zero attached hydrogens (tertiary/aromatic N) is 4. The van der Waals surface area contributed by atoms with Crippen molar-refractivity contribution in [3.8, 4) is 0 Å². The molecule has 1 atom stereocenters. The lowest BCUT2D eigenvalue weighted by atomic mass is 10.0. The van der Waals surface area contributed by atoms with E-state index in [1.54, 1.807) is 13.8 Å². The van der Waals surface area contributed by atoms with E-state index >= 15 is 0 Å². The van der Waals surface area contributed by atoms with Crippen molar-refractivity contribution in [2.24, 2.45) is 4.99 Å². The molecule has 1 aliphatic heterocycles. The second-order valence-corrected chi connectivity index (χ2v) is 14.2. The van der Waals surface area contributed by atoms with E-state index in [4.69, 9.17) is 32.7 Å². The second kappa shape index (κ2) is 19.0. The van der Waals surface area contributed by atoms with Gasteiger partial charge in [0, 0.05) is 12.0 Å². The fourth-order valence-electron chi connectivity index (χ4n) is 5.51. The molecular weight excluding hydrogens is 681 g/mol. The molecule has 1 fully saturated rings. The zero-order valence-corrected chi connectivity index (χ0v) is 30.3. The van der Waals surface area contributed by atoms with Gasteiger partial charge in [-0.15, -0.1) is 0 Å². The molecule has 48 heavy (non-hydrogen) atoms. The molecule has 1 aliphatic rings. The Balaban J connectivity index is 1.55. The van der Waals surface area contributed by atoms with Gasteiger partial charge >= 0.3 is 6.09 Å². The zero-order valence-electron chi connectivity index (χ0n) is 28.0. The summed E-state index contributed by atoms with van der Waals surface area (Å²) in [5, 5.41) is -0.626. The SMILES string of the molecule is CCCCCCCCCCCCCCCC(=O)NS(=O)(=O)c1cc(Cl)c(N2C(=O)OC(c3c(C)nc(N=COC)nc3C)C2=O)cc1Cl. The third-order valence-electron chi connectivity index (χ3n) is 7.98. The summed E-state index contributed by atoms with van der Waals surface area (Å²) in [4.78, 5) is 51.4. The number of nitrogens with one attached hydrogen (secondary N) is 1. The van der Waals surface area contributed by atoms with Crippen LogP contribution in [0.5, 0.6) is 0 Å². The maximum absolute atomic E-state index is 13.4. The van der Waals surface area contributed by atoms with Crippen molar-refractivity contribution in [3.05, 3.63) is 39.1 Å². The zero-order chi connectivity index (χ0) is 35.3. The van der Waals surface area contributed by atoms with Gasteiger partial charge in [0.05, 0.1) is 34.2 Å². The summed E-state index contributed by atoms with van der Waals surface area (Å²) in [5.74, 6) is -1.38. The number of carbonyl (C=O) groups is 3. The van der Waals surface area contributed by atoms with E-state index in [1.807, 2.05) is 4.72 Å². The van der Waals surface area contributed by atoms with E-state index < -0.39 is 38.9 Å². The number of methoxy groups -OCH3 is 1. The van der Waals surface area contributed by atoms with Crippen LogP contribution in [0.1, 0.15) is 120 Å². The number of benzene rings is 1. The van der Waals surface area contributed by atoms with Gasteiger partial charge in [0.1, 0.15) is 4.90 Å². The highest BCUT2D eigenvalue weighted by atomic mass is 35.5. The molecule has 12 nitrogen and oxygen atoms in total. The van der Waals surface area contributed by atoms with Crippen LogP contribution >= 0.6 is 23.2 Å². The third-order valence-corrected chi connectivity index (χ3v) is 10.1. The molecule has 3 rings (SSSR count). The number of hydrogen-bond acceptors (Lipinski definition) is 10. The number of imide groups is 1. The van der Waals surface area contributed by atoms with Gasteiger partial charge in [-0.25, -0.2) is 32.8 Å². The van der Waals surface area contributed by atoms with Crippen LogP contribution in [0.4, 0.5) is 16.4 Å². The molecule has 2 aromatic rings. The van der Waals surface area contributed by atoms with Crippen LogP contribution in [0.15, 0.2) is 22.0 Å². The third kappa shape index (κ3) is 10.9. The van der Waals surface area contributed by atoms with Gasteiger partial charge in [0.2, 0.25) is 12.0 Å². The fourth-order valence-corrected chi connectivity index (χ4v) is 7.39. The number of amides is 3. The number of anilines is 1. The molecule has 0 aliphatic carbocycles. The number of rotatable bonds is 20. The monoisotopic (exact) mass is 725 g/mol. The first-order valence-corrected chi connectivity index (χ1v) is 18.6. The topological polar surface area (TPSA) is 157 Å². The number of sulfonamides is 1. The smallest absolute Gasteiger partial charge is 0.422 e. The Morgan fingerprint density at radius 3 is 2.02 bits per heavy atom. The van der Waals surface area contributed by atoms with Crippen molar-refractivity contribution in [1.29, 1.82) is 0 Å². The Morgan fingerprint density at radius 1 is 0.938 bits per heavy atom. The molecule has 264 valence electrons. The Morgan fingerprint density at radius 2 is 1.48 bits per heavy atom. The lowest BCUT2D eigenvalue weighted by Gasteiger charge is -2.16. The van der Waals surface area contributed by atoms with Crippen LogP contribution in [0.2, 0.25) is 10.0 Å². The van der Waals surface area contributed by atoms with Crippen molar-refractivity contribution >= 4 is 69.2 Å². The maximum atomic E-state index is 13.4. The molecule has 1 saturated heterocycles. The van der Waals surface area contributed by atoms with Crippen LogP contribution in [0, 0.1) is 13.8 Å². The van der Waals surface area contributed by atoms with Gasteiger partial charge in [0.25, 0.3) is 21.9 Å². The summed E-state index contributed by atoms with van der Waals surface area (Å²) in [7, 11) is -2.98. The average molecular weight is 727 g/mol. The van der Waals surface area contributed by atoms with E-state index in [2.05, 4.69) is 21.9 Å². The summed E-state index contributed by atoms with van der Waals surface area (Å²) < 4.78 is 38.3. The van der Waals surface area contributed by atoms with Gasteiger partial charge in [-0.05, 0) is 32.4 Å². The number of cyclic esters (lactones) is 1. The average Bonchev–Trinajstić information content (AvgIpc) is 3.31.